The highest BCUT2D eigenvalue weighted by molar-refractivity contribution is 5.42. The lowest BCUT2D eigenvalue weighted by Gasteiger charge is -2.46. The predicted octanol–water partition coefficient (Wildman–Crippen LogP) is 2.04. The molecule has 0 bridgehead atoms. The lowest BCUT2D eigenvalue weighted by Crippen LogP contribution is -2.52. The molecule has 2 unspecified atom stereocenters. The molecule has 110 valence electrons. The summed E-state index contributed by atoms with van der Waals surface area (Å²) in [4.78, 5) is 9.67. The van der Waals surface area contributed by atoms with Crippen LogP contribution in [0.15, 0.2) is 18.3 Å². The van der Waals surface area contributed by atoms with E-state index < -0.39 is 0 Å². The number of fused-ring (bicyclic) bond motifs is 1. The number of hydrogen-bond acceptors (Lipinski definition) is 4. The van der Waals surface area contributed by atoms with Gasteiger partial charge in [0.1, 0.15) is 0 Å². The maximum atomic E-state index is 4.51. The molecule has 0 amide bonds. The SMILES string of the molecule is CNc1ccnc(CN2CCC3C(CCCN3C)C2)c1. The van der Waals surface area contributed by atoms with E-state index in [9.17, 15) is 0 Å². The van der Waals surface area contributed by atoms with Crippen LogP contribution in [0.4, 0.5) is 5.69 Å². The van der Waals surface area contributed by atoms with Gasteiger partial charge in [-0.25, -0.2) is 0 Å². The highest BCUT2D eigenvalue weighted by Gasteiger charge is 2.34. The summed E-state index contributed by atoms with van der Waals surface area (Å²) in [6.07, 6.45) is 5.98. The summed E-state index contributed by atoms with van der Waals surface area (Å²) in [5.74, 6) is 0.856. The van der Waals surface area contributed by atoms with Crippen LogP contribution in [0.3, 0.4) is 0 Å². The number of nitrogens with one attached hydrogen (secondary N) is 1. The minimum absolute atomic E-state index is 0.816. The van der Waals surface area contributed by atoms with Gasteiger partial charge in [0, 0.05) is 44.6 Å². The third-order valence-corrected chi connectivity index (χ3v) is 4.92. The number of anilines is 1. The molecular weight excluding hydrogens is 248 g/mol. The molecule has 0 aromatic carbocycles. The summed E-state index contributed by atoms with van der Waals surface area (Å²) >= 11 is 0. The molecule has 1 aromatic heterocycles. The van der Waals surface area contributed by atoms with Crippen molar-refractivity contribution in [3.05, 3.63) is 24.0 Å². The van der Waals surface area contributed by atoms with E-state index in [2.05, 4.69) is 33.2 Å². The highest BCUT2D eigenvalue weighted by atomic mass is 15.2. The maximum absolute atomic E-state index is 4.51. The second kappa shape index (κ2) is 6.10. The molecule has 2 aliphatic rings. The van der Waals surface area contributed by atoms with Crippen molar-refractivity contribution in [1.82, 2.24) is 14.8 Å². The number of piperidine rings is 2. The average molecular weight is 274 g/mol. The zero-order chi connectivity index (χ0) is 13.9. The van der Waals surface area contributed by atoms with Crippen molar-refractivity contribution in [3.8, 4) is 0 Å². The molecule has 1 aromatic rings. The monoisotopic (exact) mass is 274 g/mol. The summed E-state index contributed by atoms with van der Waals surface area (Å²) in [5, 5.41) is 3.19. The Morgan fingerprint density at radius 3 is 3.10 bits per heavy atom. The first-order chi connectivity index (χ1) is 9.76. The fraction of sp³-hybridized carbons (Fsp3) is 0.688. The number of pyridine rings is 1. The molecule has 3 rings (SSSR count). The van der Waals surface area contributed by atoms with Crippen molar-refractivity contribution in [3.63, 3.8) is 0 Å². The van der Waals surface area contributed by atoms with Crippen LogP contribution < -0.4 is 5.32 Å². The normalized spacial score (nSPS) is 28.1. The molecule has 1 N–H and O–H groups in total. The topological polar surface area (TPSA) is 31.4 Å². The maximum Gasteiger partial charge on any atom is 0.0564 e. The van der Waals surface area contributed by atoms with Crippen LogP contribution in [0.2, 0.25) is 0 Å². The Morgan fingerprint density at radius 1 is 1.35 bits per heavy atom. The minimum atomic E-state index is 0.816. The lowest BCUT2D eigenvalue weighted by molar-refractivity contribution is 0.0350. The molecule has 0 spiro atoms. The first-order valence-corrected chi connectivity index (χ1v) is 7.81. The molecule has 4 heteroatoms. The van der Waals surface area contributed by atoms with E-state index in [1.54, 1.807) is 0 Å². The summed E-state index contributed by atoms with van der Waals surface area (Å²) in [6, 6.07) is 5.00. The van der Waals surface area contributed by atoms with Crippen LogP contribution in [0.5, 0.6) is 0 Å². The highest BCUT2D eigenvalue weighted by Crippen LogP contribution is 2.30. The van der Waals surface area contributed by atoms with E-state index in [1.165, 1.54) is 44.6 Å². The predicted molar refractivity (Wildman–Crippen MR) is 82.8 cm³/mol. The lowest BCUT2D eigenvalue weighted by atomic mass is 9.84. The Bertz CT molecular complexity index is 448. The molecular formula is C16H26N4. The third kappa shape index (κ3) is 2.96. The fourth-order valence-electron chi connectivity index (χ4n) is 3.82. The molecule has 0 aliphatic carbocycles. The molecule has 2 fully saturated rings. The van der Waals surface area contributed by atoms with Gasteiger partial charge in [-0.2, -0.15) is 0 Å². The van der Waals surface area contributed by atoms with Crippen molar-refractivity contribution in [2.75, 3.05) is 39.0 Å². The molecule has 20 heavy (non-hydrogen) atoms. The van der Waals surface area contributed by atoms with Crippen LogP contribution in [0, 0.1) is 5.92 Å². The number of rotatable bonds is 3. The zero-order valence-corrected chi connectivity index (χ0v) is 12.7. The first kappa shape index (κ1) is 13.8. The Kier molecular flexibility index (Phi) is 4.22. The van der Waals surface area contributed by atoms with E-state index in [0.29, 0.717) is 0 Å². The van der Waals surface area contributed by atoms with Crippen molar-refractivity contribution >= 4 is 5.69 Å². The largest absolute Gasteiger partial charge is 0.388 e. The van der Waals surface area contributed by atoms with Crippen molar-refractivity contribution in [2.45, 2.75) is 31.8 Å². The zero-order valence-electron chi connectivity index (χ0n) is 12.7. The van der Waals surface area contributed by atoms with E-state index in [4.69, 9.17) is 0 Å². The van der Waals surface area contributed by atoms with Gasteiger partial charge in [0.25, 0.3) is 0 Å². The van der Waals surface area contributed by atoms with Gasteiger partial charge in [0.2, 0.25) is 0 Å². The first-order valence-electron chi connectivity index (χ1n) is 7.81. The van der Waals surface area contributed by atoms with E-state index in [1.807, 2.05) is 19.3 Å². The summed E-state index contributed by atoms with van der Waals surface area (Å²) in [7, 11) is 4.26. The number of likely N-dealkylation sites (tertiary alicyclic amines) is 2. The summed E-state index contributed by atoms with van der Waals surface area (Å²) < 4.78 is 0. The molecule has 2 atom stereocenters. The van der Waals surface area contributed by atoms with E-state index in [0.717, 1.165) is 24.2 Å². The average Bonchev–Trinajstić information content (AvgIpc) is 2.47. The second-order valence-corrected chi connectivity index (χ2v) is 6.26. The van der Waals surface area contributed by atoms with Gasteiger partial charge >= 0.3 is 0 Å². The van der Waals surface area contributed by atoms with E-state index in [-0.39, 0.29) is 0 Å². The number of hydrogen-bond donors (Lipinski definition) is 1. The van der Waals surface area contributed by atoms with Crippen LogP contribution in [-0.4, -0.2) is 54.6 Å². The number of aromatic nitrogens is 1. The third-order valence-electron chi connectivity index (χ3n) is 4.92. The Balaban J connectivity index is 1.61. The van der Waals surface area contributed by atoms with Crippen molar-refractivity contribution in [1.29, 1.82) is 0 Å². The van der Waals surface area contributed by atoms with Gasteiger partial charge < -0.3 is 10.2 Å². The Hall–Kier alpha value is -1.13. The van der Waals surface area contributed by atoms with Gasteiger partial charge in [0.05, 0.1) is 5.69 Å². The standard InChI is InChI=1S/C16H26N4/c1-17-14-5-7-18-15(10-14)12-20-9-6-16-13(11-20)4-3-8-19(16)2/h5,7,10,13,16H,3-4,6,8-9,11-12H2,1-2H3,(H,17,18). The number of nitrogens with zero attached hydrogens (tertiary/aromatic N) is 3. The molecule has 2 aliphatic heterocycles. The smallest absolute Gasteiger partial charge is 0.0564 e. The van der Waals surface area contributed by atoms with Crippen molar-refractivity contribution < 1.29 is 0 Å². The fourth-order valence-corrected chi connectivity index (χ4v) is 3.82. The molecule has 4 nitrogen and oxygen atoms in total. The molecule has 0 saturated carbocycles. The van der Waals surface area contributed by atoms with Gasteiger partial charge in [-0.3, -0.25) is 9.88 Å². The second-order valence-electron chi connectivity index (χ2n) is 6.26. The van der Waals surface area contributed by atoms with Gasteiger partial charge in [-0.1, -0.05) is 0 Å². The Morgan fingerprint density at radius 2 is 2.25 bits per heavy atom. The van der Waals surface area contributed by atoms with Crippen molar-refractivity contribution in [2.24, 2.45) is 5.92 Å². The van der Waals surface area contributed by atoms with Crippen LogP contribution in [0.25, 0.3) is 0 Å². The van der Waals surface area contributed by atoms with Crippen LogP contribution >= 0.6 is 0 Å². The van der Waals surface area contributed by atoms with Gasteiger partial charge in [0.15, 0.2) is 0 Å². The minimum Gasteiger partial charge on any atom is -0.388 e. The molecule has 3 heterocycles. The summed E-state index contributed by atoms with van der Waals surface area (Å²) in [6.45, 7) is 4.72. The Labute approximate surface area is 122 Å². The van der Waals surface area contributed by atoms with E-state index >= 15 is 0 Å². The summed E-state index contributed by atoms with van der Waals surface area (Å²) in [5.41, 5.74) is 2.33. The molecule has 0 radical (unpaired) electrons. The van der Waals surface area contributed by atoms with Gasteiger partial charge in [-0.05, 0) is 50.9 Å². The quantitative estimate of drug-likeness (QED) is 0.914. The van der Waals surface area contributed by atoms with Crippen LogP contribution in [-0.2, 0) is 6.54 Å². The van der Waals surface area contributed by atoms with Crippen LogP contribution in [0.1, 0.15) is 25.0 Å². The molecule has 2 saturated heterocycles. The van der Waals surface area contributed by atoms with Gasteiger partial charge in [-0.15, -0.1) is 0 Å².